The van der Waals surface area contributed by atoms with E-state index in [1.807, 2.05) is 20.8 Å². The molecule has 136 valence electrons. The summed E-state index contributed by atoms with van der Waals surface area (Å²) in [7, 11) is 1.72. The van der Waals surface area contributed by atoms with Crippen LogP contribution in [0.3, 0.4) is 0 Å². The Labute approximate surface area is 149 Å². The molecule has 0 saturated carbocycles. The van der Waals surface area contributed by atoms with Crippen LogP contribution in [0.2, 0.25) is 0 Å². The normalized spacial score (nSPS) is 14.0. The highest BCUT2D eigenvalue weighted by atomic mass is 16.2. The number of fused-ring (bicyclic) bond motifs is 1. The van der Waals surface area contributed by atoms with Crippen molar-refractivity contribution in [1.29, 1.82) is 0 Å². The van der Waals surface area contributed by atoms with Gasteiger partial charge in [0.15, 0.2) is 0 Å². The van der Waals surface area contributed by atoms with Crippen molar-refractivity contribution in [1.82, 2.24) is 9.80 Å². The molecule has 2 rings (SSSR count). The molecular weight excluding hydrogens is 318 g/mol. The zero-order valence-corrected chi connectivity index (χ0v) is 15.5. The summed E-state index contributed by atoms with van der Waals surface area (Å²) in [6, 6.07) is 4.73. The summed E-state index contributed by atoms with van der Waals surface area (Å²) in [5, 5.41) is 0. The molecule has 1 heterocycles. The number of carbonyl (C=O) groups is 3. The van der Waals surface area contributed by atoms with E-state index in [0.717, 1.165) is 12.8 Å². The highest BCUT2D eigenvalue weighted by molar-refractivity contribution is 6.22. The zero-order chi connectivity index (χ0) is 18.8. The van der Waals surface area contributed by atoms with Gasteiger partial charge in [0.1, 0.15) is 0 Å². The number of hydrogen-bond donors (Lipinski definition) is 1. The Hall–Kier alpha value is -2.21. The molecular formula is C19H27N3O3. The lowest BCUT2D eigenvalue weighted by molar-refractivity contribution is 0.0652. The predicted molar refractivity (Wildman–Crippen MR) is 96.5 cm³/mol. The Morgan fingerprint density at radius 3 is 2.44 bits per heavy atom. The molecule has 3 amide bonds. The zero-order valence-electron chi connectivity index (χ0n) is 15.5. The molecule has 1 aromatic carbocycles. The number of amides is 3. The fourth-order valence-corrected chi connectivity index (χ4v) is 2.94. The first-order valence-corrected chi connectivity index (χ1v) is 8.67. The molecule has 0 saturated heterocycles. The molecule has 25 heavy (non-hydrogen) atoms. The first-order valence-electron chi connectivity index (χ1n) is 8.67. The molecule has 0 aromatic heterocycles. The maximum atomic E-state index is 12.7. The van der Waals surface area contributed by atoms with Gasteiger partial charge in [-0.2, -0.15) is 0 Å². The smallest absolute Gasteiger partial charge is 0.261 e. The minimum Gasteiger partial charge on any atom is -0.341 e. The van der Waals surface area contributed by atoms with Crippen LogP contribution in [0.5, 0.6) is 0 Å². The molecule has 0 aliphatic carbocycles. The van der Waals surface area contributed by atoms with E-state index in [4.69, 9.17) is 5.73 Å². The summed E-state index contributed by atoms with van der Waals surface area (Å²) in [6.07, 6.45) is 1.67. The number of unbranched alkanes of at least 4 members (excludes halogenated alkanes) is 1. The van der Waals surface area contributed by atoms with E-state index in [-0.39, 0.29) is 23.1 Å². The number of benzene rings is 1. The monoisotopic (exact) mass is 345 g/mol. The van der Waals surface area contributed by atoms with Crippen molar-refractivity contribution >= 4 is 17.7 Å². The first-order chi connectivity index (χ1) is 11.7. The van der Waals surface area contributed by atoms with E-state index < -0.39 is 0 Å². The number of hydrogen-bond acceptors (Lipinski definition) is 4. The van der Waals surface area contributed by atoms with Gasteiger partial charge >= 0.3 is 0 Å². The molecule has 0 atom stereocenters. The second kappa shape index (κ2) is 7.35. The molecule has 0 bridgehead atoms. The quantitative estimate of drug-likeness (QED) is 0.768. The number of imide groups is 1. The molecule has 0 radical (unpaired) electrons. The lowest BCUT2D eigenvalue weighted by atomic mass is 9.93. The van der Waals surface area contributed by atoms with E-state index in [1.54, 1.807) is 24.1 Å². The number of nitrogens with two attached hydrogens (primary N) is 1. The second-order valence-corrected chi connectivity index (χ2v) is 7.41. The molecule has 1 aliphatic heterocycles. The third kappa shape index (κ3) is 3.90. The molecule has 0 unspecified atom stereocenters. The van der Waals surface area contributed by atoms with Gasteiger partial charge in [0.25, 0.3) is 17.7 Å². The van der Waals surface area contributed by atoms with Crippen LogP contribution in [0.25, 0.3) is 0 Å². The number of nitrogens with zero attached hydrogens (tertiary/aromatic N) is 2. The lowest BCUT2D eigenvalue weighted by Gasteiger charge is -2.29. The maximum Gasteiger partial charge on any atom is 0.261 e. The summed E-state index contributed by atoms with van der Waals surface area (Å²) < 4.78 is 0. The molecule has 2 N–H and O–H groups in total. The van der Waals surface area contributed by atoms with Crippen LogP contribution in [0.1, 0.15) is 64.7 Å². The van der Waals surface area contributed by atoms with E-state index in [0.29, 0.717) is 36.3 Å². The Morgan fingerprint density at radius 2 is 1.84 bits per heavy atom. The van der Waals surface area contributed by atoms with Crippen LogP contribution < -0.4 is 5.73 Å². The maximum absolute atomic E-state index is 12.7. The predicted octanol–water partition coefficient (Wildman–Crippen LogP) is 2.14. The minimum absolute atomic E-state index is 0.184. The van der Waals surface area contributed by atoms with Gasteiger partial charge in [0, 0.05) is 25.7 Å². The second-order valence-electron chi connectivity index (χ2n) is 7.41. The summed E-state index contributed by atoms with van der Waals surface area (Å²) >= 11 is 0. The van der Waals surface area contributed by atoms with Crippen molar-refractivity contribution in [3.63, 3.8) is 0 Å². The Bertz CT molecular complexity index is 697. The lowest BCUT2D eigenvalue weighted by Crippen LogP contribution is -2.39. The van der Waals surface area contributed by atoms with Crippen molar-refractivity contribution in [2.24, 2.45) is 11.1 Å². The van der Waals surface area contributed by atoms with Gasteiger partial charge in [0.05, 0.1) is 11.1 Å². The fraction of sp³-hybridized carbons (Fsp3) is 0.526. The van der Waals surface area contributed by atoms with Crippen LogP contribution >= 0.6 is 0 Å². The molecule has 6 heteroatoms. The highest BCUT2D eigenvalue weighted by Crippen LogP contribution is 2.25. The number of rotatable bonds is 7. The van der Waals surface area contributed by atoms with Gasteiger partial charge in [-0.05, 0) is 36.6 Å². The fourth-order valence-electron chi connectivity index (χ4n) is 2.94. The molecule has 1 aliphatic rings. The van der Waals surface area contributed by atoms with Gasteiger partial charge in [-0.3, -0.25) is 19.3 Å². The van der Waals surface area contributed by atoms with E-state index in [1.165, 1.54) is 11.0 Å². The van der Waals surface area contributed by atoms with E-state index >= 15 is 0 Å². The molecule has 6 nitrogen and oxygen atoms in total. The summed E-state index contributed by atoms with van der Waals surface area (Å²) in [5.41, 5.74) is 6.64. The van der Waals surface area contributed by atoms with Gasteiger partial charge < -0.3 is 10.6 Å². The van der Waals surface area contributed by atoms with Crippen molar-refractivity contribution in [3.05, 3.63) is 34.9 Å². The largest absolute Gasteiger partial charge is 0.341 e. The summed E-state index contributed by atoms with van der Waals surface area (Å²) in [4.78, 5) is 40.4. The standard InChI is InChI=1S/C19H27N3O3/c1-5-6-9-22-17(24)14-8-7-13(10-15(14)18(22)25)16(23)21(4)12-19(2,3)11-20/h7-8,10H,5-6,9,11-12,20H2,1-4H3. The van der Waals surface area contributed by atoms with E-state index in [2.05, 4.69) is 0 Å². The number of carbonyl (C=O) groups excluding carboxylic acids is 3. The Morgan fingerprint density at radius 1 is 1.20 bits per heavy atom. The summed E-state index contributed by atoms with van der Waals surface area (Å²) in [6.45, 7) is 7.38. The average Bonchev–Trinajstić information content (AvgIpc) is 2.82. The summed E-state index contributed by atoms with van der Waals surface area (Å²) in [5.74, 6) is -0.769. The molecule has 0 fully saturated rings. The molecule has 0 spiro atoms. The van der Waals surface area contributed by atoms with Gasteiger partial charge in [-0.15, -0.1) is 0 Å². The van der Waals surface area contributed by atoms with Crippen LogP contribution in [0.4, 0.5) is 0 Å². The van der Waals surface area contributed by atoms with E-state index in [9.17, 15) is 14.4 Å². The van der Waals surface area contributed by atoms with Crippen molar-refractivity contribution in [2.75, 3.05) is 26.7 Å². The van der Waals surface area contributed by atoms with Crippen LogP contribution in [0.15, 0.2) is 18.2 Å². The SMILES string of the molecule is CCCCN1C(=O)c2ccc(C(=O)N(C)CC(C)(C)CN)cc2C1=O. The Kier molecular flexibility index (Phi) is 5.62. The van der Waals surface area contributed by atoms with Crippen molar-refractivity contribution in [2.45, 2.75) is 33.6 Å². The van der Waals surface area contributed by atoms with Crippen LogP contribution in [-0.2, 0) is 0 Å². The Balaban J connectivity index is 2.22. The van der Waals surface area contributed by atoms with Crippen LogP contribution in [0, 0.1) is 5.41 Å². The van der Waals surface area contributed by atoms with Gasteiger partial charge in [-0.25, -0.2) is 0 Å². The van der Waals surface area contributed by atoms with Crippen molar-refractivity contribution < 1.29 is 14.4 Å². The van der Waals surface area contributed by atoms with Gasteiger partial charge in [-0.1, -0.05) is 27.2 Å². The molecule has 1 aromatic rings. The minimum atomic E-state index is -0.312. The van der Waals surface area contributed by atoms with Gasteiger partial charge in [0.2, 0.25) is 0 Å². The third-order valence-corrected chi connectivity index (χ3v) is 4.52. The van der Waals surface area contributed by atoms with Crippen LogP contribution in [-0.4, -0.2) is 54.2 Å². The third-order valence-electron chi connectivity index (χ3n) is 4.52. The average molecular weight is 345 g/mol. The first kappa shape index (κ1) is 19.1. The highest BCUT2D eigenvalue weighted by Gasteiger charge is 2.35. The van der Waals surface area contributed by atoms with Crippen molar-refractivity contribution in [3.8, 4) is 0 Å². The topological polar surface area (TPSA) is 83.7 Å².